The SMILES string of the molecule is Cc1ccc(-c2ccc(C#CC3CCC(C)CC3)cc2)cc1. The van der Waals surface area contributed by atoms with Crippen molar-refractivity contribution in [1.82, 2.24) is 0 Å². The Hall–Kier alpha value is -2.00. The molecule has 1 aliphatic rings. The summed E-state index contributed by atoms with van der Waals surface area (Å²) in [7, 11) is 0. The van der Waals surface area contributed by atoms with Crippen LogP contribution < -0.4 is 0 Å². The van der Waals surface area contributed by atoms with Gasteiger partial charge in [0.05, 0.1) is 0 Å². The van der Waals surface area contributed by atoms with Crippen LogP contribution in [0.3, 0.4) is 0 Å². The molecule has 0 aromatic heterocycles. The van der Waals surface area contributed by atoms with E-state index in [1.54, 1.807) is 0 Å². The molecule has 0 amide bonds. The summed E-state index contributed by atoms with van der Waals surface area (Å²) in [5.74, 6) is 8.34. The Morgan fingerprint density at radius 3 is 1.91 bits per heavy atom. The molecule has 0 saturated heterocycles. The molecular formula is C22H24. The molecule has 1 saturated carbocycles. The van der Waals surface area contributed by atoms with Crippen LogP contribution in [0.15, 0.2) is 48.5 Å². The van der Waals surface area contributed by atoms with Crippen molar-refractivity contribution in [3.05, 3.63) is 59.7 Å². The second-order valence-electron chi connectivity index (χ2n) is 6.67. The van der Waals surface area contributed by atoms with Crippen LogP contribution in [0.1, 0.15) is 43.7 Å². The largest absolute Gasteiger partial charge is 0.0945 e. The second-order valence-corrected chi connectivity index (χ2v) is 6.67. The minimum absolute atomic E-state index is 0.605. The highest BCUT2D eigenvalue weighted by atomic mass is 14.2. The molecule has 22 heavy (non-hydrogen) atoms. The molecule has 2 aromatic rings. The van der Waals surface area contributed by atoms with E-state index in [4.69, 9.17) is 0 Å². The number of rotatable bonds is 1. The Kier molecular flexibility index (Phi) is 4.64. The zero-order valence-corrected chi connectivity index (χ0v) is 13.6. The molecule has 0 unspecified atom stereocenters. The van der Waals surface area contributed by atoms with Crippen molar-refractivity contribution >= 4 is 0 Å². The van der Waals surface area contributed by atoms with Gasteiger partial charge in [0.15, 0.2) is 0 Å². The topological polar surface area (TPSA) is 0 Å². The highest BCUT2D eigenvalue weighted by molar-refractivity contribution is 5.64. The average Bonchev–Trinajstić information content (AvgIpc) is 2.56. The first-order chi connectivity index (χ1) is 10.7. The van der Waals surface area contributed by atoms with Gasteiger partial charge in [-0.1, -0.05) is 60.7 Å². The van der Waals surface area contributed by atoms with Gasteiger partial charge in [0.1, 0.15) is 0 Å². The molecule has 0 nitrogen and oxygen atoms in total. The van der Waals surface area contributed by atoms with E-state index in [-0.39, 0.29) is 0 Å². The van der Waals surface area contributed by atoms with Crippen LogP contribution in [0.5, 0.6) is 0 Å². The number of hydrogen-bond acceptors (Lipinski definition) is 0. The highest BCUT2D eigenvalue weighted by Gasteiger charge is 2.15. The first-order valence-corrected chi connectivity index (χ1v) is 8.39. The summed E-state index contributed by atoms with van der Waals surface area (Å²) in [6, 6.07) is 17.3. The number of hydrogen-bond donors (Lipinski definition) is 0. The fourth-order valence-corrected chi connectivity index (χ4v) is 3.08. The summed E-state index contributed by atoms with van der Waals surface area (Å²) in [4.78, 5) is 0. The molecule has 0 spiro atoms. The van der Waals surface area contributed by atoms with E-state index in [2.05, 4.69) is 74.2 Å². The molecule has 112 valence electrons. The predicted octanol–water partition coefficient (Wildman–Crippen LogP) is 5.84. The average molecular weight is 288 g/mol. The molecule has 0 heteroatoms. The molecule has 3 rings (SSSR count). The van der Waals surface area contributed by atoms with Crippen molar-refractivity contribution in [1.29, 1.82) is 0 Å². The van der Waals surface area contributed by atoms with Crippen molar-refractivity contribution < 1.29 is 0 Å². The maximum absolute atomic E-state index is 3.48. The summed E-state index contributed by atoms with van der Waals surface area (Å²) < 4.78 is 0. The maximum Gasteiger partial charge on any atom is 0.0245 e. The predicted molar refractivity (Wildman–Crippen MR) is 94.6 cm³/mol. The van der Waals surface area contributed by atoms with Crippen LogP contribution in [0.4, 0.5) is 0 Å². The third-order valence-corrected chi connectivity index (χ3v) is 4.71. The fourth-order valence-electron chi connectivity index (χ4n) is 3.08. The van der Waals surface area contributed by atoms with E-state index in [1.165, 1.54) is 42.4 Å². The van der Waals surface area contributed by atoms with Crippen LogP contribution in [-0.2, 0) is 0 Å². The Morgan fingerprint density at radius 2 is 1.32 bits per heavy atom. The minimum Gasteiger partial charge on any atom is -0.0945 e. The van der Waals surface area contributed by atoms with Crippen molar-refractivity contribution in [3.63, 3.8) is 0 Å². The standard InChI is InChI=1S/C22H24/c1-17-3-7-19(8-4-17)9-10-20-11-15-22(16-12-20)21-13-5-18(2)6-14-21/h5-6,11-17,19H,3-4,7-8H2,1-2H3. The first-order valence-electron chi connectivity index (χ1n) is 8.39. The molecule has 0 heterocycles. The van der Waals surface area contributed by atoms with Crippen molar-refractivity contribution in [2.24, 2.45) is 11.8 Å². The first kappa shape index (κ1) is 14.9. The highest BCUT2D eigenvalue weighted by Crippen LogP contribution is 2.27. The summed E-state index contributed by atoms with van der Waals surface area (Å²) in [6.45, 7) is 4.47. The van der Waals surface area contributed by atoms with E-state index in [0.29, 0.717) is 5.92 Å². The van der Waals surface area contributed by atoms with Gasteiger partial charge in [0.25, 0.3) is 0 Å². The Balaban J connectivity index is 1.68. The summed E-state index contributed by atoms with van der Waals surface area (Å²) >= 11 is 0. The molecule has 0 aliphatic heterocycles. The van der Waals surface area contributed by atoms with Crippen LogP contribution in [0.2, 0.25) is 0 Å². The van der Waals surface area contributed by atoms with E-state index < -0.39 is 0 Å². The van der Waals surface area contributed by atoms with Gasteiger partial charge in [-0.05, 0) is 61.8 Å². The molecular weight excluding hydrogens is 264 g/mol. The Morgan fingerprint density at radius 1 is 0.773 bits per heavy atom. The zero-order valence-electron chi connectivity index (χ0n) is 13.6. The van der Waals surface area contributed by atoms with Crippen LogP contribution in [-0.4, -0.2) is 0 Å². The van der Waals surface area contributed by atoms with Gasteiger partial charge in [-0.2, -0.15) is 0 Å². The lowest BCUT2D eigenvalue weighted by Crippen LogP contribution is -2.10. The normalized spacial score (nSPS) is 21.0. The molecule has 0 N–H and O–H groups in total. The molecule has 0 atom stereocenters. The van der Waals surface area contributed by atoms with Gasteiger partial charge < -0.3 is 0 Å². The lowest BCUT2D eigenvalue weighted by molar-refractivity contribution is 0.337. The van der Waals surface area contributed by atoms with Gasteiger partial charge in [-0.3, -0.25) is 0 Å². The number of benzene rings is 2. The van der Waals surface area contributed by atoms with Crippen molar-refractivity contribution in [2.45, 2.75) is 39.5 Å². The second kappa shape index (κ2) is 6.84. The Labute approximate surface area is 134 Å². The van der Waals surface area contributed by atoms with Crippen LogP contribution in [0.25, 0.3) is 11.1 Å². The molecule has 1 aliphatic carbocycles. The van der Waals surface area contributed by atoms with E-state index in [1.807, 2.05) is 0 Å². The third-order valence-electron chi connectivity index (χ3n) is 4.71. The lowest BCUT2D eigenvalue weighted by Gasteiger charge is -2.21. The quantitative estimate of drug-likeness (QED) is 0.578. The van der Waals surface area contributed by atoms with Gasteiger partial charge in [-0.25, -0.2) is 0 Å². The van der Waals surface area contributed by atoms with Crippen molar-refractivity contribution in [3.8, 4) is 23.0 Å². The minimum atomic E-state index is 0.605. The number of aryl methyl sites for hydroxylation is 1. The van der Waals surface area contributed by atoms with Gasteiger partial charge in [0, 0.05) is 11.5 Å². The van der Waals surface area contributed by atoms with Gasteiger partial charge >= 0.3 is 0 Å². The zero-order chi connectivity index (χ0) is 15.4. The van der Waals surface area contributed by atoms with Crippen molar-refractivity contribution in [2.75, 3.05) is 0 Å². The molecule has 1 fully saturated rings. The van der Waals surface area contributed by atoms with Crippen LogP contribution in [0, 0.1) is 30.6 Å². The fraction of sp³-hybridized carbons (Fsp3) is 0.364. The Bertz CT molecular complexity index is 657. The third kappa shape index (κ3) is 3.80. The molecule has 2 aromatic carbocycles. The van der Waals surface area contributed by atoms with E-state index in [9.17, 15) is 0 Å². The summed E-state index contributed by atoms with van der Waals surface area (Å²) in [6.07, 6.45) is 5.22. The van der Waals surface area contributed by atoms with Gasteiger partial charge in [-0.15, -0.1) is 0 Å². The monoisotopic (exact) mass is 288 g/mol. The van der Waals surface area contributed by atoms with E-state index in [0.717, 1.165) is 11.5 Å². The molecule has 0 bridgehead atoms. The maximum atomic E-state index is 3.48. The lowest BCUT2D eigenvalue weighted by atomic mass is 9.83. The van der Waals surface area contributed by atoms with Gasteiger partial charge in [0.2, 0.25) is 0 Å². The van der Waals surface area contributed by atoms with E-state index >= 15 is 0 Å². The molecule has 0 radical (unpaired) electrons. The van der Waals surface area contributed by atoms with Crippen LogP contribution >= 0.6 is 0 Å². The smallest absolute Gasteiger partial charge is 0.0245 e. The summed E-state index contributed by atoms with van der Waals surface area (Å²) in [5, 5.41) is 0. The summed E-state index contributed by atoms with van der Waals surface area (Å²) in [5.41, 5.74) is 4.96.